The molecule has 0 spiro atoms. The van der Waals surface area contributed by atoms with Crippen molar-refractivity contribution in [1.82, 2.24) is 10.3 Å². The monoisotopic (exact) mass is 516 g/mol. The van der Waals surface area contributed by atoms with Crippen molar-refractivity contribution >= 4 is 33.9 Å². The van der Waals surface area contributed by atoms with Crippen LogP contribution in [0.5, 0.6) is 5.75 Å². The van der Waals surface area contributed by atoms with Crippen LogP contribution < -0.4 is 15.7 Å². The summed E-state index contributed by atoms with van der Waals surface area (Å²) in [6.07, 6.45) is 4.51. The van der Waals surface area contributed by atoms with Crippen molar-refractivity contribution in [2.75, 3.05) is 0 Å². The molecule has 0 bridgehead atoms. The zero-order chi connectivity index (χ0) is 27.0. The molecule has 0 fully saturated rings. The summed E-state index contributed by atoms with van der Waals surface area (Å²) in [5, 5.41) is 4.30. The summed E-state index contributed by atoms with van der Waals surface area (Å²) in [5.41, 5.74) is 3.42. The van der Waals surface area contributed by atoms with Crippen LogP contribution in [0.15, 0.2) is 51.8 Å². The number of carbonyl (C=O) groups is 2. The van der Waals surface area contributed by atoms with Crippen molar-refractivity contribution < 1.29 is 23.5 Å². The molecule has 1 amide bonds. The van der Waals surface area contributed by atoms with Crippen LogP contribution in [-0.2, 0) is 28.8 Å². The van der Waals surface area contributed by atoms with Gasteiger partial charge in [-0.25, -0.2) is 14.4 Å². The van der Waals surface area contributed by atoms with Crippen LogP contribution in [0.25, 0.3) is 21.9 Å². The van der Waals surface area contributed by atoms with Gasteiger partial charge >= 0.3 is 17.7 Å². The Morgan fingerprint density at radius 1 is 1.11 bits per heavy atom. The highest BCUT2D eigenvalue weighted by Gasteiger charge is 2.29. The molecule has 0 saturated heterocycles. The maximum Gasteiger partial charge on any atom is 0.408 e. The highest BCUT2D eigenvalue weighted by molar-refractivity contribution is 5.93. The fourth-order valence-electron chi connectivity index (χ4n) is 5.09. The molecule has 1 aliphatic carbocycles. The quantitative estimate of drug-likeness (QED) is 0.206. The number of ether oxygens (including phenoxy) is 2. The van der Waals surface area contributed by atoms with Crippen molar-refractivity contribution in [3.63, 3.8) is 0 Å². The fourth-order valence-corrected chi connectivity index (χ4v) is 5.09. The lowest BCUT2D eigenvalue weighted by molar-refractivity contribution is -0.136. The maximum atomic E-state index is 13.7. The molecule has 38 heavy (non-hydrogen) atoms. The molecule has 0 aliphatic heterocycles. The van der Waals surface area contributed by atoms with Crippen molar-refractivity contribution in [3.05, 3.63) is 75.3 Å². The summed E-state index contributed by atoms with van der Waals surface area (Å²) in [6, 6.07) is 10.3. The van der Waals surface area contributed by atoms with E-state index in [1.54, 1.807) is 32.9 Å². The Labute approximate surface area is 220 Å². The Balaban J connectivity index is 1.51. The summed E-state index contributed by atoms with van der Waals surface area (Å²) in [5.74, 6) is -0.314. The summed E-state index contributed by atoms with van der Waals surface area (Å²) in [4.78, 5) is 42.2. The third kappa shape index (κ3) is 5.30. The summed E-state index contributed by atoms with van der Waals surface area (Å²) in [7, 11) is 0. The van der Waals surface area contributed by atoms with Gasteiger partial charge < -0.3 is 24.2 Å². The predicted molar refractivity (Wildman–Crippen MR) is 145 cm³/mol. The number of H-pyrrole nitrogens is 1. The van der Waals surface area contributed by atoms with E-state index in [1.165, 1.54) is 0 Å². The molecule has 0 radical (unpaired) electrons. The Hall–Kier alpha value is -4.07. The van der Waals surface area contributed by atoms with Crippen molar-refractivity contribution in [2.24, 2.45) is 0 Å². The summed E-state index contributed by atoms with van der Waals surface area (Å²) in [6.45, 7) is 7.12. The van der Waals surface area contributed by atoms with Gasteiger partial charge in [-0.2, -0.15) is 0 Å². The van der Waals surface area contributed by atoms with Crippen LogP contribution in [0.1, 0.15) is 55.9 Å². The minimum atomic E-state index is -1.02. The van der Waals surface area contributed by atoms with Gasteiger partial charge in [-0.15, -0.1) is 0 Å². The fraction of sp³-hybridized carbons (Fsp3) is 0.367. The van der Waals surface area contributed by atoms with Gasteiger partial charge in [0, 0.05) is 29.1 Å². The van der Waals surface area contributed by atoms with Crippen LogP contribution in [0.2, 0.25) is 0 Å². The van der Waals surface area contributed by atoms with E-state index in [1.807, 2.05) is 37.4 Å². The van der Waals surface area contributed by atoms with Gasteiger partial charge in [0.1, 0.15) is 23.0 Å². The van der Waals surface area contributed by atoms with Crippen molar-refractivity contribution in [1.29, 1.82) is 0 Å². The average Bonchev–Trinajstić information content (AvgIpc) is 3.25. The molecule has 8 heteroatoms. The number of para-hydroxylation sites is 1. The molecule has 8 nitrogen and oxygen atoms in total. The Morgan fingerprint density at radius 3 is 2.61 bits per heavy atom. The number of nitrogens with one attached hydrogen (secondary N) is 2. The number of hydrogen-bond donors (Lipinski definition) is 2. The predicted octanol–water partition coefficient (Wildman–Crippen LogP) is 5.50. The molecular weight excluding hydrogens is 484 g/mol. The normalized spacial score (nSPS) is 14.2. The first-order valence-corrected chi connectivity index (χ1v) is 12.9. The van der Waals surface area contributed by atoms with Crippen LogP contribution in [0.4, 0.5) is 4.79 Å². The van der Waals surface area contributed by atoms with E-state index < -0.39 is 23.7 Å². The first-order valence-electron chi connectivity index (χ1n) is 12.9. The summed E-state index contributed by atoms with van der Waals surface area (Å²) < 4.78 is 17.1. The zero-order valence-electron chi connectivity index (χ0n) is 22.1. The number of alkyl carbamates (subject to hydrolysis) is 1. The van der Waals surface area contributed by atoms with Crippen molar-refractivity contribution in [2.45, 2.75) is 71.4 Å². The van der Waals surface area contributed by atoms with Gasteiger partial charge in [-0.3, -0.25) is 0 Å². The van der Waals surface area contributed by atoms with Crippen LogP contribution in [0.3, 0.4) is 0 Å². The SMILES string of the molecule is Cc1cc(OC(=O)C(Cc2c[nH]c3ccccc23)NC(=O)OC(C)(C)C)c2c3c(c(=O)oc2c1)CCCC3. The van der Waals surface area contributed by atoms with Gasteiger partial charge in [-0.05, 0) is 88.3 Å². The molecule has 2 aromatic heterocycles. The average molecular weight is 517 g/mol. The number of fused-ring (bicyclic) bond motifs is 4. The molecule has 1 atom stereocenters. The number of esters is 1. The van der Waals surface area contributed by atoms with Gasteiger partial charge in [0.25, 0.3) is 0 Å². The van der Waals surface area contributed by atoms with E-state index in [2.05, 4.69) is 10.3 Å². The number of benzene rings is 2. The topological polar surface area (TPSA) is 111 Å². The summed E-state index contributed by atoms with van der Waals surface area (Å²) >= 11 is 0. The van der Waals surface area contributed by atoms with E-state index in [0.717, 1.165) is 40.4 Å². The van der Waals surface area contributed by atoms with E-state index in [-0.39, 0.29) is 12.0 Å². The molecule has 5 rings (SSSR count). The molecule has 2 heterocycles. The molecule has 4 aromatic rings. The van der Waals surface area contributed by atoms with E-state index in [0.29, 0.717) is 35.1 Å². The van der Waals surface area contributed by atoms with Gasteiger partial charge in [0.05, 0.1) is 5.39 Å². The molecule has 1 unspecified atom stereocenters. The molecule has 1 aliphatic rings. The number of hydrogen-bond acceptors (Lipinski definition) is 6. The third-order valence-electron chi connectivity index (χ3n) is 6.71. The lowest BCUT2D eigenvalue weighted by Gasteiger charge is -2.23. The zero-order valence-corrected chi connectivity index (χ0v) is 22.1. The molecular formula is C30H32N2O6. The second-order valence-electron chi connectivity index (χ2n) is 10.9. The molecule has 0 saturated carbocycles. The molecule has 198 valence electrons. The number of amides is 1. The van der Waals surface area contributed by atoms with Crippen LogP contribution in [-0.4, -0.2) is 28.7 Å². The van der Waals surface area contributed by atoms with Gasteiger partial charge in [-0.1, -0.05) is 18.2 Å². The highest BCUT2D eigenvalue weighted by atomic mass is 16.6. The number of rotatable bonds is 5. The Kier molecular flexibility index (Phi) is 6.73. The molecule has 2 N–H and O–H groups in total. The Morgan fingerprint density at radius 2 is 1.84 bits per heavy atom. The van der Waals surface area contributed by atoms with E-state index in [4.69, 9.17) is 13.9 Å². The molecule has 2 aromatic carbocycles. The Bertz CT molecular complexity index is 1590. The highest BCUT2D eigenvalue weighted by Crippen LogP contribution is 2.35. The lowest BCUT2D eigenvalue weighted by Crippen LogP contribution is -2.46. The van der Waals surface area contributed by atoms with Crippen molar-refractivity contribution in [3.8, 4) is 5.75 Å². The lowest BCUT2D eigenvalue weighted by atomic mass is 9.90. The largest absolute Gasteiger partial charge is 0.444 e. The minimum Gasteiger partial charge on any atom is -0.444 e. The first kappa shape index (κ1) is 25.6. The smallest absolute Gasteiger partial charge is 0.408 e. The first-order chi connectivity index (χ1) is 18.1. The standard InChI is InChI=1S/C30H32N2O6/c1-17-13-24-26(20-10-5-6-11-21(20)27(33)36-24)25(14-17)37-28(34)23(32-29(35)38-30(2,3)4)15-18-16-31-22-12-8-7-9-19(18)22/h7-9,12-14,16,23,31H,5-6,10-11,15H2,1-4H3,(H,32,35). The third-order valence-corrected chi connectivity index (χ3v) is 6.71. The number of aryl methyl sites for hydroxylation is 2. The number of aromatic nitrogens is 1. The van der Waals surface area contributed by atoms with Gasteiger partial charge in [0.15, 0.2) is 0 Å². The number of aromatic amines is 1. The second-order valence-corrected chi connectivity index (χ2v) is 10.9. The van der Waals surface area contributed by atoms with E-state index >= 15 is 0 Å². The maximum absolute atomic E-state index is 13.7. The minimum absolute atomic E-state index is 0.193. The van der Waals surface area contributed by atoms with Crippen LogP contribution in [0, 0.1) is 6.92 Å². The van der Waals surface area contributed by atoms with Gasteiger partial charge in [0.2, 0.25) is 0 Å². The van der Waals surface area contributed by atoms with E-state index in [9.17, 15) is 14.4 Å². The second kappa shape index (κ2) is 10.0. The number of carbonyl (C=O) groups excluding carboxylic acids is 2. The van der Waals surface area contributed by atoms with Crippen LogP contribution >= 0.6 is 0 Å².